The van der Waals surface area contributed by atoms with Gasteiger partial charge in [-0.05, 0) is 17.2 Å². The number of halogens is 1. The molecule has 1 amide bonds. The Kier molecular flexibility index (Phi) is 4.93. The van der Waals surface area contributed by atoms with E-state index in [0.717, 1.165) is 16.7 Å². The maximum absolute atomic E-state index is 11.4. The fourth-order valence-electron chi connectivity index (χ4n) is 2.02. The second-order valence-corrected chi connectivity index (χ2v) is 5.17. The molecule has 4 heteroatoms. The highest BCUT2D eigenvalue weighted by Gasteiger charge is 2.11. The number of alkyl halides is 1. The Morgan fingerprint density at radius 1 is 1.25 bits per heavy atom. The summed E-state index contributed by atoms with van der Waals surface area (Å²) in [6, 6.07) is 15.4. The van der Waals surface area contributed by atoms with Crippen molar-refractivity contribution in [3.63, 3.8) is 0 Å². The van der Waals surface area contributed by atoms with E-state index in [2.05, 4.69) is 21.2 Å². The van der Waals surface area contributed by atoms with Gasteiger partial charge in [-0.25, -0.2) is 0 Å². The molecule has 20 heavy (non-hydrogen) atoms. The average molecular weight is 334 g/mol. The maximum Gasteiger partial charge on any atom is 0.221 e. The lowest BCUT2D eigenvalue weighted by molar-refractivity contribution is -0.114. The molecule has 0 saturated heterocycles. The SMILES string of the molecule is CC(=O)Nc1cc([C@H](O)CBr)ccc1-c1ccccc1. The molecule has 0 spiro atoms. The molecule has 0 radical (unpaired) electrons. The molecule has 3 nitrogen and oxygen atoms in total. The zero-order valence-corrected chi connectivity index (χ0v) is 12.7. The van der Waals surface area contributed by atoms with Gasteiger partial charge < -0.3 is 10.4 Å². The second-order valence-electron chi connectivity index (χ2n) is 4.52. The molecule has 0 fully saturated rings. The van der Waals surface area contributed by atoms with Crippen LogP contribution in [0.1, 0.15) is 18.6 Å². The van der Waals surface area contributed by atoms with E-state index in [0.29, 0.717) is 11.0 Å². The van der Waals surface area contributed by atoms with E-state index in [9.17, 15) is 9.90 Å². The molecule has 0 aromatic heterocycles. The first-order valence-corrected chi connectivity index (χ1v) is 7.45. The Balaban J connectivity index is 2.48. The van der Waals surface area contributed by atoms with Crippen molar-refractivity contribution in [1.82, 2.24) is 0 Å². The highest BCUT2D eigenvalue weighted by Crippen LogP contribution is 2.31. The monoisotopic (exact) mass is 333 g/mol. The van der Waals surface area contributed by atoms with Crippen LogP contribution in [0.2, 0.25) is 0 Å². The summed E-state index contributed by atoms with van der Waals surface area (Å²) >= 11 is 3.25. The molecule has 0 aliphatic rings. The Morgan fingerprint density at radius 2 is 1.95 bits per heavy atom. The molecule has 2 aromatic carbocycles. The molecule has 2 rings (SSSR count). The van der Waals surface area contributed by atoms with Gasteiger partial charge in [0.05, 0.1) is 6.10 Å². The Bertz CT molecular complexity index is 599. The second kappa shape index (κ2) is 6.68. The van der Waals surface area contributed by atoms with Gasteiger partial charge >= 0.3 is 0 Å². The van der Waals surface area contributed by atoms with Gasteiger partial charge in [-0.15, -0.1) is 0 Å². The maximum atomic E-state index is 11.4. The first-order chi connectivity index (χ1) is 9.61. The first kappa shape index (κ1) is 14.8. The number of carbonyl (C=O) groups is 1. The summed E-state index contributed by atoms with van der Waals surface area (Å²) in [6.07, 6.45) is -0.590. The average Bonchev–Trinajstić information content (AvgIpc) is 2.46. The van der Waals surface area contributed by atoms with Crippen molar-refractivity contribution < 1.29 is 9.90 Å². The van der Waals surface area contributed by atoms with Gasteiger partial charge in [0.25, 0.3) is 0 Å². The van der Waals surface area contributed by atoms with Gasteiger partial charge in [0, 0.05) is 23.5 Å². The van der Waals surface area contributed by atoms with Crippen molar-refractivity contribution in [3.05, 3.63) is 54.1 Å². The van der Waals surface area contributed by atoms with Crippen LogP contribution in [-0.4, -0.2) is 16.3 Å². The van der Waals surface area contributed by atoms with Gasteiger partial charge in [-0.3, -0.25) is 4.79 Å². The highest BCUT2D eigenvalue weighted by atomic mass is 79.9. The van der Waals surface area contributed by atoms with Crippen molar-refractivity contribution in [2.75, 3.05) is 10.6 Å². The van der Waals surface area contributed by atoms with E-state index in [-0.39, 0.29) is 5.91 Å². The molecule has 0 unspecified atom stereocenters. The predicted molar refractivity (Wildman–Crippen MR) is 84.9 cm³/mol. The van der Waals surface area contributed by atoms with Crippen LogP contribution in [-0.2, 0) is 4.79 Å². The highest BCUT2D eigenvalue weighted by molar-refractivity contribution is 9.09. The summed E-state index contributed by atoms with van der Waals surface area (Å²) in [4.78, 5) is 11.4. The minimum Gasteiger partial charge on any atom is -0.388 e. The van der Waals surface area contributed by atoms with E-state index >= 15 is 0 Å². The largest absolute Gasteiger partial charge is 0.388 e. The minimum absolute atomic E-state index is 0.132. The number of amides is 1. The molecule has 2 N–H and O–H groups in total. The standard InChI is InChI=1S/C16H16BrNO2/c1-11(19)18-15-9-13(16(20)10-17)7-8-14(15)12-5-3-2-4-6-12/h2-9,16,20H,10H2,1H3,(H,18,19)/t16-/m1/s1. The molecule has 2 aromatic rings. The normalized spacial score (nSPS) is 11.9. The number of carbonyl (C=O) groups excluding carboxylic acids is 1. The number of anilines is 1. The smallest absolute Gasteiger partial charge is 0.221 e. The Morgan fingerprint density at radius 3 is 2.55 bits per heavy atom. The summed E-state index contributed by atoms with van der Waals surface area (Å²) in [5.74, 6) is -0.132. The Hall–Kier alpha value is -1.65. The summed E-state index contributed by atoms with van der Waals surface area (Å²) in [5, 5.41) is 13.2. The van der Waals surface area contributed by atoms with E-state index in [1.807, 2.05) is 48.5 Å². The molecule has 1 atom stereocenters. The van der Waals surface area contributed by atoms with Crippen LogP contribution < -0.4 is 5.32 Å². The minimum atomic E-state index is -0.590. The van der Waals surface area contributed by atoms with Gasteiger partial charge in [0.1, 0.15) is 0 Å². The van der Waals surface area contributed by atoms with Crippen LogP contribution in [0.4, 0.5) is 5.69 Å². The van der Waals surface area contributed by atoms with Crippen LogP contribution >= 0.6 is 15.9 Å². The lowest BCUT2D eigenvalue weighted by Gasteiger charge is -2.14. The quantitative estimate of drug-likeness (QED) is 0.837. The van der Waals surface area contributed by atoms with Crippen LogP contribution in [0, 0.1) is 0 Å². The van der Waals surface area contributed by atoms with Crippen molar-refractivity contribution in [1.29, 1.82) is 0 Å². The fourth-order valence-corrected chi connectivity index (χ4v) is 2.39. The van der Waals surface area contributed by atoms with E-state index in [4.69, 9.17) is 0 Å². The van der Waals surface area contributed by atoms with Crippen LogP contribution in [0.3, 0.4) is 0 Å². The van der Waals surface area contributed by atoms with Gasteiger partial charge in [0.2, 0.25) is 5.91 Å². The van der Waals surface area contributed by atoms with E-state index in [1.165, 1.54) is 6.92 Å². The van der Waals surface area contributed by atoms with Crippen LogP contribution in [0.5, 0.6) is 0 Å². The van der Waals surface area contributed by atoms with Crippen molar-refractivity contribution >= 4 is 27.5 Å². The fraction of sp³-hybridized carbons (Fsp3) is 0.188. The molecule has 104 valence electrons. The third kappa shape index (κ3) is 3.46. The first-order valence-electron chi connectivity index (χ1n) is 6.33. The van der Waals surface area contributed by atoms with Crippen molar-refractivity contribution in [3.8, 4) is 11.1 Å². The molecular weight excluding hydrogens is 318 g/mol. The Labute approximate surface area is 126 Å². The summed E-state index contributed by atoms with van der Waals surface area (Å²) in [6.45, 7) is 1.47. The van der Waals surface area contributed by atoms with Gasteiger partial charge in [0.15, 0.2) is 0 Å². The van der Waals surface area contributed by atoms with Crippen molar-refractivity contribution in [2.24, 2.45) is 0 Å². The molecular formula is C16H16BrNO2. The van der Waals surface area contributed by atoms with E-state index < -0.39 is 6.10 Å². The third-order valence-electron chi connectivity index (χ3n) is 2.97. The number of aliphatic hydroxyl groups excluding tert-OH is 1. The summed E-state index contributed by atoms with van der Waals surface area (Å²) in [7, 11) is 0. The number of rotatable bonds is 4. The van der Waals surface area contributed by atoms with Crippen LogP contribution in [0.25, 0.3) is 11.1 Å². The number of benzene rings is 2. The van der Waals surface area contributed by atoms with Crippen molar-refractivity contribution in [2.45, 2.75) is 13.0 Å². The number of nitrogens with one attached hydrogen (secondary N) is 1. The zero-order chi connectivity index (χ0) is 14.5. The molecule has 0 saturated carbocycles. The topological polar surface area (TPSA) is 49.3 Å². The third-order valence-corrected chi connectivity index (χ3v) is 3.58. The number of aliphatic hydroxyl groups is 1. The van der Waals surface area contributed by atoms with Gasteiger partial charge in [-0.1, -0.05) is 58.4 Å². The lowest BCUT2D eigenvalue weighted by atomic mass is 10.00. The summed E-state index contributed by atoms with van der Waals surface area (Å²) in [5.41, 5.74) is 3.44. The lowest BCUT2D eigenvalue weighted by Crippen LogP contribution is -2.08. The van der Waals surface area contributed by atoms with E-state index in [1.54, 1.807) is 0 Å². The summed E-state index contributed by atoms with van der Waals surface area (Å²) < 4.78 is 0. The molecule has 0 bridgehead atoms. The molecule has 0 heterocycles. The predicted octanol–water partition coefficient (Wildman–Crippen LogP) is 3.74. The number of hydrogen-bond acceptors (Lipinski definition) is 2. The molecule has 0 aliphatic carbocycles. The number of hydrogen-bond donors (Lipinski definition) is 2. The van der Waals surface area contributed by atoms with Gasteiger partial charge in [-0.2, -0.15) is 0 Å². The molecule has 0 aliphatic heterocycles. The zero-order valence-electron chi connectivity index (χ0n) is 11.1. The van der Waals surface area contributed by atoms with Crippen LogP contribution in [0.15, 0.2) is 48.5 Å².